The van der Waals surface area contributed by atoms with Crippen LogP contribution in [0.2, 0.25) is 5.02 Å². The highest BCUT2D eigenvalue weighted by atomic mass is 35.5. The summed E-state index contributed by atoms with van der Waals surface area (Å²) in [4.78, 5) is 11.0. The fourth-order valence-corrected chi connectivity index (χ4v) is 1.80. The molecule has 0 saturated carbocycles. The molecule has 1 heterocycles. The molecule has 4 nitrogen and oxygen atoms in total. The maximum atomic E-state index is 11.0. The van der Waals surface area contributed by atoms with Crippen LogP contribution in [0.5, 0.6) is 0 Å². The van der Waals surface area contributed by atoms with Gasteiger partial charge in [-0.05, 0) is 19.1 Å². The zero-order chi connectivity index (χ0) is 13.1. The highest BCUT2D eigenvalue weighted by Gasteiger charge is 2.14. The first-order chi connectivity index (χ1) is 8.61. The number of halogens is 1. The Hall–Kier alpha value is -1.94. The lowest BCUT2D eigenvalue weighted by atomic mass is 10.1. The maximum absolute atomic E-state index is 11.0. The Morgan fingerprint density at radius 2 is 2.11 bits per heavy atom. The Morgan fingerprint density at radius 3 is 2.67 bits per heavy atom. The van der Waals surface area contributed by atoms with Crippen LogP contribution in [0.25, 0.3) is 11.3 Å². The van der Waals surface area contributed by atoms with Crippen molar-refractivity contribution in [2.75, 3.05) is 0 Å². The first-order valence-corrected chi connectivity index (χ1v) is 5.78. The molecule has 1 aromatic heterocycles. The zero-order valence-corrected chi connectivity index (χ0v) is 10.7. The van der Waals surface area contributed by atoms with Gasteiger partial charge in [0, 0.05) is 10.6 Å². The predicted octanol–water partition coefficient (Wildman–Crippen LogP) is 2.99. The number of aromatic nitrogens is 3. The van der Waals surface area contributed by atoms with Gasteiger partial charge in [-0.15, -0.1) is 5.10 Å². The summed E-state index contributed by atoms with van der Waals surface area (Å²) in [5.74, 6) is 0. The number of hydrogen-bond donors (Lipinski definition) is 0. The minimum absolute atomic E-state index is 0.318. The summed E-state index contributed by atoms with van der Waals surface area (Å²) in [5, 5.41) is 8.47. The van der Waals surface area contributed by atoms with E-state index in [1.54, 1.807) is 16.8 Å². The normalized spacial score (nSPS) is 10.3. The molecule has 0 amide bonds. The van der Waals surface area contributed by atoms with E-state index in [9.17, 15) is 4.79 Å². The van der Waals surface area contributed by atoms with Gasteiger partial charge in [0.25, 0.3) is 0 Å². The van der Waals surface area contributed by atoms with E-state index < -0.39 is 0 Å². The maximum Gasteiger partial charge on any atom is 0.172 e. The fourth-order valence-electron chi connectivity index (χ4n) is 1.68. The van der Waals surface area contributed by atoms with Crippen molar-refractivity contribution in [3.63, 3.8) is 0 Å². The quantitative estimate of drug-likeness (QED) is 0.628. The Bertz CT molecular complexity index is 587. The van der Waals surface area contributed by atoms with E-state index in [0.717, 1.165) is 11.1 Å². The predicted molar refractivity (Wildman–Crippen MR) is 70.7 cm³/mol. The highest BCUT2D eigenvalue weighted by Crippen LogP contribution is 2.23. The molecule has 0 aliphatic heterocycles. The number of benzene rings is 1. The Labute approximate surface area is 110 Å². The number of hydrogen-bond acceptors (Lipinski definition) is 3. The number of allylic oxidation sites excluding steroid dienone is 1. The van der Waals surface area contributed by atoms with E-state index in [0.29, 0.717) is 29.2 Å². The summed E-state index contributed by atoms with van der Waals surface area (Å²) in [7, 11) is 0. The second-order valence-electron chi connectivity index (χ2n) is 4.06. The number of rotatable bonds is 4. The molecular weight excluding hydrogens is 250 g/mol. The van der Waals surface area contributed by atoms with Crippen LogP contribution in [0, 0.1) is 0 Å². The first kappa shape index (κ1) is 12.5. The molecule has 0 spiro atoms. The third kappa shape index (κ3) is 2.49. The van der Waals surface area contributed by atoms with Gasteiger partial charge >= 0.3 is 0 Å². The van der Waals surface area contributed by atoms with Gasteiger partial charge in [0.1, 0.15) is 0 Å². The molecule has 0 unspecified atom stereocenters. The minimum atomic E-state index is 0.318. The lowest BCUT2D eigenvalue weighted by molar-refractivity contribution is 0.111. The van der Waals surface area contributed by atoms with Gasteiger partial charge in [0.05, 0.1) is 12.2 Å². The van der Waals surface area contributed by atoms with E-state index in [4.69, 9.17) is 11.6 Å². The summed E-state index contributed by atoms with van der Waals surface area (Å²) >= 11 is 5.85. The van der Waals surface area contributed by atoms with Crippen LogP contribution in [-0.2, 0) is 6.54 Å². The average molecular weight is 262 g/mol. The van der Waals surface area contributed by atoms with E-state index in [2.05, 4.69) is 16.9 Å². The molecule has 5 heteroatoms. The first-order valence-electron chi connectivity index (χ1n) is 5.41. The summed E-state index contributed by atoms with van der Waals surface area (Å²) in [6.07, 6.45) is 0.700. The Kier molecular flexibility index (Phi) is 3.58. The molecule has 0 fully saturated rings. The van der Waals surface area contributed by atoms with Crippen molar-refractivity contribution in [1.82, 2.24) is 15.0 Å². The van der Waals surface area contributed by atoms with Gasteiger partial charge in [0.2, 0.25) is 0 Å². The van der Waals surface area contributed by atoms with Gasteiger partial charge in [0.15, 0.2) is 12.0 Å². The Morgan fingerprint density at radius 1 is 1.44 bits per heavy atom. The number of carbonyl (C=O) groups excluding carboxylic acids is 1. The number of nitrogens with zero attached hydrogens (tertiary/aromatic N) is 3. The van der Waals surface area contributed by atoms with Crippen molar-refractivity contribution in [3.05, 3.63) is 47.1 Å². The molecule has 1 aromatic carbocycles. The fraction of sp³-hybridized carbons (Fsp3) is 0.154. The number of aldehydes is 1. The number of carbonyl (C=O) groups is 1. The van der Waals surface area contributed by atoms with Crippen LogP contribution in [0.4, 0.5) is 0 Å². The van der Waals surface area contributed by atoms with Crippen LogP contribution in [0.3, 0.4) is 0 Å². The lowest BCUT2D eigenvalue weighted by Crippen LogP contribution is -2.03. The largest absolute Gasteiger partial charge is 0.296 e. The topological polar surface area (TPSA) is 47.8 Å². The van der Waals surface area contributed by atoms with E-state index >= 15 is 0 Å². The van der Waals surface area contributed by atoms with Crippen molar-refractivity contribution in [2.45, 2.75) is 13.5 Å². The van der Waals surface area contributed by atoms with Crippen molar-refractivity contribution in [2.24, 2.45) is 0 Å². The summed E-state index contributed by atoms with van der Waals surface area (Å²) in [5.41, 5.74) is 2.79. The molecular formula is C13H12ClN3O. The SMILES string of the molecule is C=C(C)Cn1nnc(C=O)c1-c1ccc(Cl)cc1. The van der Waals surface area contributed by atoms with E-state index in [-0.39, 0.29) is 0 Å². The molecule has 18 heavy (non-hydrogen) atoms. The van der Waals surface area contributed by atoms with Crippen molar-refractivity contribution < 1.29 is 4.79 Å². The second-order valence-corrected chi connectivity index (χ2v) is 4.50. The molecule has 0 N–H and O–H groups in total. The molecule has 0 radical (unpaired) electrons. The third-order valence-electron chi connectivity index (χ3n) is 2.41. The van der Waals surface area contributed by atoms with Crippen LogP contribution in [-0.4, -0.2) is 21.3 Å². The summed E-state index contributed by atoms with van der Waals surface area (Å²) in [6.45, 7) is 6.26. The monoisotopic (exact) mass is 261 g/mol. The van der Waals surface area contributed by atoms with Crippen LogP contribution in [0.1, 0.15) is 17.4 Å². The van der Waals surface area contributed by atoms with Crippen LogP contribution >= 0.6 is 11.6 Å². The standard InChI is InChI=1S/C13H12ClN3O/c1-9(2)7-17-13(12(8-18)15-16-17)10-3-5-11(14)6-4-10/h3-6,8H,1,7H2,2H3. The van der Waals surface area contributed by atoms with Crippen molar-refractivity contribution in [1.29, 1.82) is 0 Å². The van der Waals surface area contributed by atoms with Gasteiger partial charge < -0.3 is 0 Å². The average Bonchev–Trinajstić information content (AvgIpc) is 2.72. The molecule has 0 aliphatic rings. The summed E-state index contributed by atoms with van der Waals surface area (Å²) < 4.78 is 1.66. The van der Waals surface area contributed by atoms with Crippen molar-refractivity contribution >= 4 is 17.9 Å². The van der Waals surface area contributed by atoms with Crippen LogP contribution < -0.4 is 0 Å². The molecule has 2 aromatic rings. The molecule has 92 valence electrons. The minimum Gasteiger partial charge on any atom is -0.296 e. The van der Waals surface area contributed by atoms with Gasteiger partial charge in [-0.25, -0.2) is 4.68 Å². The Balaban J connectivity index is 2.52. The molecule has 0 saturated heterocycles. The zero-order valence-electron chi connectivity index (χ0n) is 9.93. The third-order valence-corrected chi connectivity index (χ3v) is 2.66. The smallest absolute Gasteiger partial charge is 0.172 e. The molecule has 0 bridgehead atoms. The molecule has 2 rings (SSSR count). The van der Waals surface area contributed by atoms with Crippen LogP contribution in [0.15, 0.2) is 36.4 Å². The molecule has 0 atom stereocenters. The van der Waals surface area contributed by atoms with Gasteiger partial charge in [-0.3, -0.25) is 4.79 Å². The van der Waals surface area contributed by atoms with Gasteiger partial charge in [-0.2, -0.15) is 0 Å². The van der Waals surface area contributed by atoms with Crippen molar-refractivity contribution in [3.8, 4) is 11.3 Å². The van der Waals surface area contributed by atoms with E-state index in [1.807, 2.05) is 19.1 Å². The highest BCUT2D eigenvalue weighted by molar-refractivity contribution is 6.30. The molecule has 0 aliphatic carbocycles. The lowest BCUT2D eigenvalue weighted by Gasteiger charge is -2.06. The summed E-state index contributed by atoms with van der Waals surface area (Å²) in [6, 6.07) is 7.21. The van der Waals surface area contributed by atoms with E-state index in [1.165, 1.54) is 0 Å². The van der Waals surface area contributed by atoms with Gasteiger partial charge in [-0.1, -0.05) is 41.1 Å². The second kappa shape index (κ2) is 5.14.